The largest absolute Gasteiger partial charge is 0.384 e. The summed E-state index contributed by atoms with van der Waals surface area (Å²) in [6, 6.07) is 0.461. The van der Waals surface area contributed by atoms with E-state index in [1.165, 1.54) is 47.8 Å². The summed E-state index contributed by atoms with van der Waals surface area (Å²) in [6.07, 6.45) is 6.26. The van der Waals surface area contributed by atoms with Crippen LogP contribution in [0.4, 0.5) is 5.13 Å². The molecule has 0 aromatic carbocycles. The second kappa shape index (κ2) is 6.41. The lowest BCUT2D eigenvalue weighted by atomic mass is 9.98. The highest BCUT2D eigenvalue weighted by molar-refractivity contribution is 7.15. The molecular formula is C15H25N3OS. The van der Waals surface area contributed by atoms with Gasteiger partial charge in [0, 0.05) is 25.1 Å². The van der Waals surface area contributed by atoms with Gasteiger partial charge in [0.05, 0.1) is 18.3 Å². The molecule has 0 radical (unpaired) electrons. The summed E-state index contributed by atoms with van der Waals surface area (Å²) in [4.78, 5) is 8.94. The number of methoxy groups -OCH3 is 1. The number of aryl methyl sites for hydroxylation is 1. The van der Waals surface area contributed by atoms with Gasteiger partial charge in [-0.3, -0.25) is 0 Å². The van der Waals surface area contributed by atoms with E-state index in [-0.39, 0.29) is 0 Å². The molecule has 3 rings (SSSR count). The zero-order valence-electron chi connectivity index (χ0n) is 12.5. The van der Waals surface area contributed by atoms with Gasteiger partial charge in [-0.2, -0.15) is 0 Å². The lowest BCUT2D eigenvalue weighted by molar-refractivity contribution is 0.143. The molecule has 1 aliphatic heterocycles. The van der Waals surface area contributed by atoms with Crippen LogP contribution in [0.1, 0.15) is 42.3 Å². The Hall–Kier alpha value is -0.650. The van der Waals surface area contributed by atoms with Gasteiger partial charge in [0.1, 0.15) is 0 Å². The minimum atomic E-state index is 0.461. The molecule has 0 saturated carbocycles. The van der Waals surface area contributed by atoms with Gasteiger partial charge in [-0.1, -0.05) is 0 Å². The van der Waals surface area contributed by atoms with Crippen LogP contribution in [0.15, 0.2) is 0 Å². The third-order valence-electron chi connectivity index (χ3n) is 4.48. The number of hydrogen-bond donors (Lipinski definition) is 1. The first kappa shape index (κ1) is 14.3. The van der Waals surface area contributed by atoms with Crippen LogP contribution in [-0.4, -0.2) is 38.8 Å². The lowest BCUT2D eigenvalue weighted by Crippen LogP contribution is -2.37. The quantitative estimate of drug-likeness (QED) is 0.926. The smallest absolute Gasteiger partial charge is 0.185 e. The standard InChI is InChI=1S/C15H25N3OS/c1-16-12-6-3-7-13-14(12)17-15(20-13)18-8-4-5-11(9-18)10-19-2/h11-12,16H,3-10H2,1-2H3. The molecule has 1 aromatic heterocycles. The van der Waals surface area contributed by atoms with Crippen LogP contribution in [0.25, 0.3) is 0 Å². The van der Waals surface area contributed by atoms with Crippen molar-refractivity contribution in [1.82, 2.24) is 10.3 Å². The maximum absolute atomic E-state index is 5.33. The predicted molar refractivity (Wildman–Crippen MR) is 83.7 cm³/mol. The molecule has 2 atom stereocenters. The van der Waals surface area contributed by atoms with Crippen molar-refractivity contribution in [3.8, 4) is 0 Å². The molecule has 2 unspecified atom stereocenters. The highest BCUT2D eigenvalue weighted by atomic mass is 32.1. The van der Waals surface area contributed by atoms with Crippen LogP contribution in [0.3, 0.4) is 0 Å². The van der Waals surface area contributed by atoms with E-state index >= 15 is 0 Å². The molecular weight excluding hydrogens is 270 g/mol. The van der Waals surface area contributed by atoms with Crippen molar-refractivity contribution in [3.05, 3.63) is 10.6 Å². The molecule has 1 aliphatic carbocycles. The third-order valence-corrected chi connectivity index (χ3v) is 5.68. The molecule has 1 N–H and O–H groups in total. The molecule has 2 heterocycles. The molecule has 112 valence electrons. The van der Waals surface area contributed by atoms with Crippen LogP contribution >= 0.6 is 11.3 Å². The number of hydrogen-bond acceptors (Lipinski definition) is 5. The summed E-state index contributed by atoms with van der Waals surface area (Å²) in [5, 5.41) is 4.65. The van der Waals surface area contributed by atoms with E-state index in [4.69, 9.17) is 9.72 Å². The summed E-state index contributed by atoms with van der Waals surface area (Å²) < 4.78 is 5.33. The highest BCUT2D eigenvalue weighted by Gasteiger charge is 2.27. The number of nitrogens with one attached hydrogen (secondary N) is 1. The molecule has 0 amide bonds. The number of piperidine rings is 1. The third kappa shape index (κ3) is 2.85. The SMILES string of the molecule is CNC1CCCc2sc(N3CCCC(COC)C3)nc21. The fourth-order valence-electron chi connectivity index (χ4n) is 3.43. The molecule has 1 saturated heterocycles. The Bertz CT molecular complexity index is 446. The topological polar surface area (TPSA) is 37.4 Å². The number of aromatic nitrogens is 1. The van der Waals surface area contributed by atoms with Gasteiger partial charge in [0.2, 0.25) is 0 Å². The Labute approximate surface area is 125 Å². The highest BCUT2D eigenvalue weighted by Crippen LogP contribution is 2.37. The maximum Gasteiger partial charge on any atom is 0.185 e. The van der Waals surface area contributed by atoms with E-state index in [0.29, 0.717) is 12.0 Å². The summed E-state index contributed by atoms with van der Waals surface area (Å²) >= 11 is 1.92. The number of nitrogens with zero attached hydrogens (tertiary/aromatic N) is 2. The van der Waals surface area contributed by atoms with Gasteiger partial charge < -0.3 is 15.0 Å². The van der Waals surface area contributed by atoms with E-state index in [0.717, 1.165) is 19.7 Å². The molecule has 5 heteroatoms. The number of ether oxygens (including phenoxy) is 1. The summed E-state index contributed by atoms with van der Waals surface area (Å²) in [7, 11) is 3.85. The molecule has 4 nitrogen and oxygen atoms in total. The molecule has 0 bridgehead atoms. The second-order valence-electron chi connectivity index (χ2n) is 5.95. The Morgan fingerprint density at radius 3 is 3.10 bits per heavy atom. The average molecular weight is 295 g/mol. The van der Waals surface area contributed by atoms with Crippen LogP contribution in [-0.2, 0) is 11.2 Å². The fourth-order valence-corrected chi connectivity index (χ4v) is 4.63. The number of thiazole rings is 1. The van der Waals surface area contributed by atoms with E-state index in [1.54, 1.807) is 7.11 Å². The van der Waals surface area contributed by atoms with E-state index in [9.17, 15) is 0 Å². The number of anilines is 1. The minimum Gasteiger partial charge on any atom is -0.384 e. The van der Waals surface area contributed by atoms with E-state index in [1.807, 2.05) is 18.4 Å². The normalized spacial score (nSPS) is 26.6. The average Bonchev–Trinajstić information content (AvgIpc) is 2.92. The zero-order chi connectivity index (χ0) is 13.9. The Morgan fingerprint density at radius 1 is 1.40 bits per heavy atom. The van der Waals surface area contributed by atoms with Crippen molar-refractivity contribution in [2.75, 3.05) is 38.8 Å². The molecule has 20 heavy (non-hydrogen) atoms. The monoisotopic (exact) mass is 295 g/mol. The second-order valence-corrected chi connectivity index (χ2v) is 7.01. The van der Waals surface area contributed by atoms with Gasteiger partial charge in [0.25, 0.3) is 0 Å². The summed E-state index contributed by atoms with van der Waals surface area (Å²) in [5.41, 5.74) is 1.31. The zero-order valence-corrected chi connectivity index (χ0v) is 13.3. The van der Waals surface area contributed by atoms with Crippen LogP contribution < -0.4 is 10.2 Å². The summed E-state index contributed by atoms with van der Waals surface area (Å²) in [6.45, 7) is 3.13. The van der Waals surface area contributed by atoms with Crippen molar-refractivity contribution in [3.63, 3.8) is 0 Å². The maximum atomic E-state index is 5.33. The number of fused-ring (bicyclic) bond motifs is 1. The van der Waals surface area contributed by atoms with Crippen molar-refractivity contribution in [1.29, 1.82) is 0 Å². The Morgan fingerprint density at radius 2 is 2.30 bits per heavy atom. The molecule has 1 aromatic rings. The molecule has 1 fully saturated rings. The van der Waals surface area contributed by atoms with Gasteiger partial charge in [0.15, 0.2) is 5.13 Å². The first-order valence-corrected chi connectivity index (χ1v) is 8.54. The van der Waals surface area contributed by atoms with Gasteiger partial charge in [-0.05, 0) is 45.1 Å². The summed E-state index contributed by atoms with van der Waals surface area (Å²) in [5.74, 6) is 0.662. The van der Waals surface area contributed by atoms with E-state index < -0.39 is 0 Å². The van der Waals surface area contributed by atoms with E-state index in [2.05, 4.69) is 10.2 Å². The molecule has 2 aliphatic rings. The van der Waals surface area contributed by atoms with Crippen molar-refractivity contribution < 1.29 is 4.74 Å². The van der Waals surface area contributed by atoms with Crippen molar-refractivity contribution >= 4 is 16.5 Å². The predicted octanol–water partition coefficient (Wildman–Crippen LogP) is 2.60. The van der Waals surface area contributed by atoms with Crippen LogP contribution in [0.2, 0.25) is 0 Å². The van der Waals surface area contributed by atoms with Crippen LogP contribution in [0, 0.1) is 5.92 Å². The van der Waals surface area contributed by atoms with Crippen molar-refractivity contribution in [2.45, 2.75) is 38.1 Å². The number of rotatable bonds is 4. The Balaban J connectivity index is 1.75. The molecule has 0 spiro atoms. The fraction of sp³-hybridized carbons (Fsp3) is 0.800. The van der Waals surface area contributed by atoms with Crippen LogP contribution in [0.5, 0.6) is 0 Å². The van der Waals surface area contributed by atoms with Gasteiger partial charge >= 0.3 is 0 Å². The lowest BCUT2D eigenvalue weighted by Gasteiger charge is -2.32. The van der Waals surface area contributed by atoms with Gasteiger partial charge in [-0.25, -0.2) is 4.98 Å². The van der Waals surface area contributed by atoms with Gasteiger partial charge in [-0.15, -0.1) is 11.3 Å². The van der Waals surface area contributed by atoms with Crippen molar-refractivity contribution in [2.24, 2.45) is 5.92 Å². The first-order chi connectivity index (χ1) is 9.81. The minimum absolute atomic E-state index is 0.461. The Kier molecular flexibility index (Phi) is 4.58. The first-order valence-electron chi connectivity index (χ1n) is 7.72.